The van der Waals surface area contributed by atoms with Crippen LogP contribution in [0.3, 0.4) is 0 Å². The van der Waals surface area contributed by atoms with Crippen LogP contribution >= 0.6 is 23.5 Å². The van der Waals surface area contributed by atoms with Crippen molar-refractivity contribution in [3.05, 3.63) is 133 Å². The van der Waals surface area contributed by atoms with Gasteiger partial charge in [-0.15, -0.1) is 0 Å². The van der Waals surface area contributed by atoms with E-state index in [1.807, 2.05) is 23.5 Å². The molecule has 2 heteroatoms. The van der Waals surface area contributed by atoms with Crippen LogP contribution in [0.2, 0.25) is 0 Å². The van der Waals surface area contributed by atoms with Gasteiger partial charge in [-0.3, -0.25) is 0 Å². The number of rotatable bonds is 2. The van der Waals surface area contributed by atoms with Crippen LogP contribution in [0.15, 0.2) is 153 Å². The molecule has 0 nitrogen and oxygen atoms in total. The Morgan fingerprint density at radius 3 is 1.37 bits per heavy atom. The predicted molar refractivity (Wildman–Crippen MR) is 165 cm³/mol. The Hall–Kier alpha value is -3.98. The topological polar surface area (TPSA) is 0 Å². The molecule has 0 aliphatic carbocycles. The summed E-state index contributed by atoms with van der Waals surface area (Å²) in [5.41, 5.74) is 5.00. The highest BCUT2D eigenvalue weighted by Crippen LogP contribution is 2.49. The largest absolute Gasteiger partial charge is 0.0877 e. The second kappa shape index (κ2) is 8.80. The zero-order valence-electron chi connectivity index (χ0n) is 20.5. The summed E-state index contributed by atoms with van der Waals surface area (Å²) < 4.78 is 0. The maximum Gasteiger partial charge on any atom is 0.0268 e. The molecule has 7 aromatic carbocycles. The van der Waals surface area contributed by atoms with Crippen molar-refractivity contribution in [2.75, 3.05) is 0 Å². The van der Waals surface area contributed by atoms with Gasteiger partial charge >= 0.3 is 0 Å². The lowest BCUT2D eigenvalue weighted by atomic mass is 9.91. The lowest BCUT2D eigenvalue weighted by molar-refractivity contribution is 1.16. The summed E-state index contributed by atoms with van der Waals surface area (Å²) in [6.07, 6.45) is 0. The van der Waals surface area contributed by atoms with Gasteiger partial charge in [0.2, 0.25) is 0 Å². The molecule has 0 bridgehead atoms. The summed E-state index contributed by atoms with van der Waals surface area (Å²) in [5.74, 6) is 0. The summed E-state index contributed by atoms with van der Waals surface area (Å²) in [6.45, 7) is 0. The van der Waals surface area contributed by atoms with E-state index in [1.165, 1.54) is 74.2 Å². The van der Waals surface area contributed by atoms with E-state index in [0.717, 1.165) is 0 Å². The SMILES string of the molecule is c1cc(-c2ccc3c(c2)Sc2ccccc2S3)cc(-c2ccc3c4ccccc4c4ccccc4c3c2)c1. The molecular formula is C36H22S2. The third-order valence-electron chi connectivity index (χ3n) is 7.51. The minimum atomic E-state index is 1.24. The second-order valence-electron chi connectivity index (χ2n) is 9.74. The van der Waals surface area contributed by atoms with Gasteiger partial charge in [-0.05, 0) is 91.0 Å². The van der Waals surface area contributed by atoms with Crippen LogP contribution in [0.5, 0.6) is 0 Å². The summed E-state index contributed by atoms with van der Waals surface area (Å²) >= 11 is 3.74. The summed E-state index contributed by atoms with van der Waals surface area (Å²) in [7, 11) is 0. The molecule has 0 spiro atoms. The molecule has 0 N–H and O–H groups in total. The maximum atomic E-state index is 2.37. The summed E-state index contributed by atoms with van der Waals surface area (Å²) in [6, 6.07) is 49.0. The normalized spacial score (nSPS) is 12.5. The van der Waals surface area contributed by atoms with E-state index in [4.69, 9.17) is 0 Å². The van der Waals surface area contributed by atoms with Gasteiger partial charge in [0, 0.05) is 19.6 Å². The molecule has 8 rings (SSSR count). The molecule has 0 fully saturated rings. The Bertz CT molecular complexity index is 2000. The zero-order valence-corrected chi connectivity index (χ0v) is 22.2. The smallest absolute Gasteiger partial charge is 0.0268 e. The van der Waals surface area contributed by atoms with Crippen molar-refractivity contribution in [1.82, 2.24) is 0 Å². The second-order valence-corrected chi connectivity index (χ2v) is 11.9. The van der Waals surface area contributed by atoms with E-state index in [9.17, 15) is 0 Å². The van der Waals surface area contributed by atoms with Crippen molar-refractivity contribution >= 4 is 55.8 Å². The average molecular weight is 519 g/mol. The lowest BCUT2D eigenvalue weighted by Gasteiger charge is -2.19. The molecule has 0 saturated heterocycles. The van der Waals surface area contributed by atoms with E-state index in [1.54, 1.807) is 0 Å². The van der Waals surface area contributed by atoms with Gasteiger partial charge < -0.3 is 0 Å². The molecule has 178 valence electrons. The highest BCUT2D eigenvalue weighted by Gasteiger charge is 2.17. The Morgan fingerprint density at radius 1 is 0.263 bits per heavy atom. The number of benzene rings is 7. The monoisotopic (exact) mass is 518 g/mol. The molecule has 0 aromatic heterocycles. The molecule has 1 aliphatic heterocycles. The van der Waals surface area contributed by atoms with Gasteiger partial charge in [-0.25, -0.2) is 0 Å². The molecule has 1 heterocycles. The van der Waals surface area contributed by atoms with Crippen molar-refractivity contribution in [1.29, 1.82) is 0 Å². The molecular weight excluding hydrogens is 497 g/mol. The van der Waals surface area contributed by atoms with Gasteiger partial charge in [-0.1, -0.05) is 121 Å². The first-order valence-electron chi connectivity index (χ1n) is 12.8. The van der Waals surface area contributed by atoms with E-state index in [0.29, 0.717) is 0 Å². The third-order valence-corrected chi connectivity index (χ3v) is 10.0. The van der Waals surface area contributed by atoms with Gasteiger partial charge in [0.1, 0.15) is 0 Å². The summed E-state index contributed by atoms with van der Waals surface area (Å²) in [5, 5.41) is 7.87. The first kappa shape index (κ1) is 22.0. The number of hydrogen-bond acceptors (Lipinski definition) is 2. The van der Waals surface area contributed by atoms with Gasteiger partial charge in [-0.2, -0.15) is 0 Å². The molecule has 0 atom stereocenters. The Balaban J connectivity index is 1.24. The van der Waals surface area contributed by atoms with Crippen LogP contribution in [-0.2, 0) is 0 Å². The maximum absolute atomic E-state index is 2.37. The minimum Gasteiger partial charge on any atom is -0.0877 e. The third kappa shape index (κ3) is 3.56. The van der Waals surface area contributed by atoms with Crippen molar-refractivity contribution in [3.8, 4) is 22.3 Å². The van der Waals surface area contributed by atoms with Gasteiger partial charge in [0.15, 0.2) is 0 Å². The van der Waals surface area contributed by atoms with Crippen molar-refractivity contribution < 1.29 is 0 Å². The van der Waals surface area contributed by atoms with Crippen molar-refractivity contribution in [3.63, 3.8) is 0 Å². The molecule has 7 aromatic rings. The fraction of sp³-hybridized carbons (Fsp3) is 0. The predicted octanol–water partition coefficient (Wildman–Crippen LogP) is 11.1. The Kier molecular flexibility index (Phi) is 5.11. The molecule has 0 amide bonds. The quantitative estimate of drug-likeness (QED) is 0.209. The van der Waals surface area contributed by atoms with Gasteiger partial charge in [0.05, 0.1) is 0 Å². The zero-order chi connectivity index (χ0) is 25.1. The lowest BCUT2D eigenvalue weighted by Crippen LogP contribution is -1.90. The van der Waals surface area contributed by atoms with Crippen LogP contribution in [0.1, 0.15) is 0 Å². The summed E-state index contributed by atoms with van der Waals surface area (Å²) in [4.78, 5) is 5.35. The van der Waals surface area contributed by atoms with E-state index in [-0.39, 0.29) is 0 Å². The van der Waals surface area contributed by atoms with Crippen LogP contribution in [0.4, 0.5) is 0 Å². The first-order valence-corrected chi connectivity index (χ1v) is 14.5. The van der Waals surface area contributed by atoms with E-state index in [2.05, 4.69) is 133 Å². The van der Waals surface area contributed by atoms with E-state index < -0.39 is 0 Å². The molecule has 0 unspecified atom stereocenters. The minimum absolute atomic E-state index is 1.24. The Labute approximate surface area is 230 Å². The van der Waals surface area contributed by atoms with Crippen LogP contribution in [0.25, 0.3) is 54.6 Å². The number of hydrogen-bond donors (Lipinski definition) is 0. The van der Waals surface area contributed by atoms with Crippen LogP contribution in [-0.4, -0.2) is 0 Å². The highest BCUT2D eigenvalue weighted by atomic mass is 32.2. The standard InChI is InChI=1S/C36H22S2/c1-2-12-29-27(10-1)28-11-3-4-13-30(28)32-21-25(16-18-31(29)32)23-8-7-9-24(20-23)26-17-19-35-36(22-26)38-34-15-6-5-14-33(34)37-35/h1-22H. The number of fused-ring (bicyclic) bond motifs is 8. The highest BCUT2D eigenvalue weighted by molar-refractivity contribution is 8.05. The van der Waals surface area contributed by atoms with Crippen LogP contribution < -0.4 is 0 Å². The fourth-order valence-electron chi connectivity index (χ4n) is 5.67. The van der Waals surface area contributed by atoms with Crippen molar-refractivity contribution in [2.45, 2.75) is 19.6 Å². The molecule has 0 radical (unpaired) electrons. The first-order chi connectivity index (χ1) is 18.8. The fourth-order valence-corrected chi connectivity index (χ4v) is 7.93. The van der Waals surface area contributed by atoms with Gasteiger partial charge in [0.25, 0.3) is 0 Å². The molecule has 0 saturated carbocycles. The molecule has 1 aliphatic rings. The Morgan fingerprint density at radius 2 is 0.711 bits per heavy atom. The van der Waals surface area contributed by atoms with Crippen LogP contribution in [0, 0.1) is 0 Å². The molecule has 38 heavy (non-hydrogen) atoms. The van der Waals surface area contributed by atoms with E-state index >= 15 is 0 Å². The van der Waals surface area contributed by atoms with Crippen molar-refractivity contribution in [2.24, 2.45) is 0 Å². The average Bonchev–Trinajstić information content (AvgIpc) is 2.99.